The minimum Gasteiger partial charge on any atom is -0.399 e. The molecule has 3 N–H and O–H groups in total. The Morgan fingerprint density at radius 1 is 1.18 bits per heavy atom. The van der Waals surface area contributed by atoms with Gasteiger partial charge in [-0.25, -0.2) is 0 Å². The van der Waals surface area contributed by atoms with E-state index in [4.69, 9.17) is 5.73 Å². The summed E-state index contributed by atoms with van der Waals surface area (Å²) < 4.78 is 0. The van der Waals surface area contributed by atoms with E-state index in [0.29, 0.717) is 11.3 Å². The van der Waals surface area contributed by atoms with E-state index in [-0.39, 0.29) is 11.3 Å². The first kappa shape index (κ1) is 14.4. The summed E-state index contributed by atoms with van der Waals surface area (Å²) in [5.41, 5.74) is 10.3. The van der Waals surface area contributed by atoms with Crippen LogP contribution in [0.2, 0.25) is 0 Å². The number of nitrogens with two attached hydrogens (primary N) is 1. The molecule has 0 saturated heterocycles. The Kier molecular flexibility index (Phi) is 3.49. The van der Waals surface area contributed by atoms with Gasteiger partial charge in [0, 0.05) is 34.1 Å². The SMILES string of the molecule is CC1(C)Cc2ccc(N)cc2C(=CC(=O)c2ccccc2)N1. The quantitative estimate of drug-likeness (QED) is 0.506. The third-order valence-electron chi connectivity index (χ3n) is 3.86. The zero-order valence-corrected chi connectivity index (χ0v) is 12.9. The number of hydrogen-bond donors (Lipinski definition) is 2. The van der Waals surface area contributed by atoms with Gasteiger partial charge in [-0.15, -0.1) is 0 Å². The standard InChI is InChI=1S/C19H20N2O/c1-19(2)12-14-8-9-15(20)10-16(14)17(21-19)11-18(22)13-6-4-3-5-7-13/h3-11,21H,12,20H2,1-2H3. The van der Waals surface area contributed by atoms with Crippen molar-refractivity contribution in [2.24, 2.45) is 0 Å². The summed E-state index contributed by atoms with van der Waals surface area (Å²) >= 11 is 0. The van der Waals surface area contributed by atoms with Crippen molar-refractivity contribution in [1.82, 2.24) is 5.32 Å². The Morgan fingerprint density at radius 3 is 2.64 bits per heavy atom. The maximum Gasteiger partial charge on any atom is 0.187 e. The fourth-order valence-corrected chi connectivity index (χ4v) is 2.88. The Hall–Kier alpha value is -2.55. The number of nitrogens with one attached hydrogen (secondary N) is 1. The van der Waals surface area contributed by atoms with Crippen LogP contribution in [-0.4, -0.2) is 11.3 Å². The molecule has 0 aromatic heterocycles. The normalized spacial score (nSPS) is 17.6. The van der Waals surface area contributed by atoms with Crippen LogP contribution < -0.4 is 11.1 Å². The van der Waals surface area contributed by atoms with Gasteiger partial charge in [-0.05, 0) is 38.0 Å². The van der Waals surface area contributed by atoms with Gasteiger partial charge in [-0.1, -0.05) is 36.4 Å². The third kappa shape index (κ3) is 2.89. The number of carbonyl (C=O) groups excluding carboxylic acids is 1. The second kappa shape index (κ2) is 5.34. The van der Waals surface area contributed by atoms with E-state index < -0.39 is 0 Å². The van der Waals surface area contributed by atoms with Crippen LogP contribution >= 0.6 is 0 Å². The molecule has 3 nitrogen and oxygen atoms in total. The lowest BCUT2D eigenvalue weighted by molar-refractivity contribution is 0.104. The number of rotatable bonds is 2. The molecular formula is C19H20N2O. The van der Waals surface area contributed by atoms with E-state index in [9.17, 15) is 4.79 Å². The highest BCUT2D eigenvalue weighted by Gasteiger charge is 2.28. The topological polar surface area (TPSA) is 55.1 Å². The molecule has 3 heteroatoms. The molecule has 2 aromatic carbocycles. The largest absolute Gasteiger partial charge is 0.399 e. The molecule has 0 atom stereocenters. The molecule has 0 bridgehead atoms. The first-order valence-corrected chi connectivity index (χ1v) is 7.43. The molecule has 0 unspecified atom stereocenters. The predicted molar refractivity (Wildman–Crippen MR) is 90.5 cm³/mol. The summed E-state index contributed by atoms with van der Waals surface area (Å²) in [4.78, 5) is 12.5. The molecule has 3 rings (SSSR count). The van der Waals surface area contributed by atoms with Crippen molar-refractivity contribution < 1.29 is 4.79 Å². The minimum atomic E-state index is -0.0914. The van der Waals surface area contributed by atoms with Crippen molar-refractivity contribution >= 4 is 17.2 Å². The molecule has 1 aliphatic heterocycles. The first-order chi connectivity index (χ1) is 10.4. The highest BCUT2D eigenvalue weighted by molar-refractivity contribution is 6.08. The molecule has 1 heterocycles. The van der Waals surface area contributed by atoms with Gasteiger partial charge in [0.2, 0.25) is 0 Å². The lowest BCUT2D eigenvalue weighted by Crippen LogP contribution is -2.43. The number of hydrogen-bond acceptors (Lipinski definition) is 3. The molecule has 0 spiro atoms. The van der Waals surface area contributed by atoms with Crippen LogP contribution in [0.15, 0.2) is 54.6 Å². The smallest absolute Gasteiger partial charge is 0.187 e. The number of anilines is 1. The molecule has 112 valence electrons. The van der Waals surface area contributed by atoms with Crippen molar-refractivity contribution in [3.8, 4) is 0 Å². The average molecular weight is 292 g/mol. The molecule has 0 amide bonds. The highest BCUT2D eigenvalue weighted by Crippen LogP contribution is 2.31. The molecule has 0 saturated carbocycles. The molecule has 22 heavy (non-hydrogen) atoms. The summed E-state index contributed by atoms with van der Waals surface area (Å²) in [6.45, 7) is 4.26. The van der Waals surface area contributed by atoms with Crippen LogP contribution in [0.4, 0.5) is 5.69 Å². The summed E-state index contributed by atoms with van der Waals surface area (Å²) in [5, 5.41) is 3.46. The average Bonchev–Trinajstić information content (AvgIpc) is 2.48. The lowest BCUT2D eigenvalue weighted by atomic mass is 9.85. The minimum absolute atomic E-state index is 0.00539. The molecule has 1 aliphatic rings. The summed E-state index contributed by atoms with van der Waals surface area (Å²) in [7, 11) is 0. The number of allylic oxidation sites excluding steroid dienone is 1. The van der Waals surface area contributed by atoms with E-state index >= 15 is 0 Å². The third-order valence-corrected chi connectivity index (χ3v) is 3.86. The Morgan fingerprint density at radius 2 is 1.91 bits per heavy atom. The Bertz CT molecular complexity index is 745. The zero-order valence-electron chi connectivity index (χ0n) is 12.9. The summed E-state index contributed by atoms with van der Waals surface area (Å²) in [6, 6.07) is 15.2. The Labute approximate surface area is 130 Å². The molecule has 2 aromatic rings. The van der Waals surface area contributed by atoms with Crippen molar-refractivity contribution in [2.45, 2.75) is 25.8 Å². The number of benzene rings is 2. The lowest BCUT2D eigenvalue weighted by Gasteiger charge is -2.35. The van der Waals surface area contributed by atoms with Crippen LogP contribution in [0.1, 0.15) is 35.3 Å². The van der Waals surface area contributed by atoms with Crippen LogP contribution in [-0.2, 0) is 6.42 Å². The van der Waals surface area contributed by atoms with Gasteiger partial charge in [0.05, 0.1) is 0 Å². The molecule has 0 aliphatic carbocycles. The van der Waals surface area contributed by atoms with Gasteiger partial charge in [-0.3, -0.25) is 4.79 Å². The van der Waals surface area contributed by atoms with Crippen LogP contribution in [0.25, 0.3) is 5.70 Å². The van der Waals surface area contributed by atoms with E-state index in [2.05, 4.69) is 19.2 Å². The molecule has 0 fully saturated rings. The predicted octanol–water partition coefficient (Wildman–Crippen LogP) is 3.42. The highest BCUT2D eigenvalue weighted by atomic mass is 16.1. The van der Waals surface area contributed by atoms with Gasteiger partial charge in [0.25, 0.3) is 0 Å². The van der Waals surface area contributed by atoms with Gasteiger partial charge >= 0.3 is 0 Å². The van der Waals surface area contributed by atoms with Crippen LogP contribution in [0.5, 0.6) is 0 Å². The molecular weight excluding hydrogens is 272 g/mol. The van der Waals surface area contributed by atoms with E-state index in [1.165, 1.54) is 5.56 Å². The zero-order chi connectivity index (χ0) is 15.7. The van der Waals surface area contributed by atoms with E-state index in [1.807, 2.05) is 48.5 Å². The second-order valence-electron chi connectivity index (χ2n) is 6.39. The first-order valence-electron chi connectivity index (χ1n) is 7.43. The van der Waals surface area contributed by atoms with E-state index in [1.54, 1.807) is 6.08 Å². The summed E-state index contributed by atoms with van der Waals surface area (Å²) in [6.07, 6.45) is 2.58. The van der Waals surface area contributed by atoms with E-state index in [0.717, 1.165) is 17.7 Å². The van der Waals surface area contributed by atoms with Crippen molar-refractivity contribution in [3.05, 3.63) is 71.3 Å². The van der Waals surface area contributed by atoms with Gasteiger partial charge in [0.15, 0.2) is 5.78 Å². The second-order valence-corrected chi connectivity index (χ2v) is 6.39. The van der Waals surface area contributed by atoms with Crippen LogP contribution in [0, 0.1) is 0 Å². The monoisotopic (exact) mass is 292 g/mol. The van der Waals surface area contributed by atoms with Gasteiger partial charge in [-0.2, -0.15) is 0 Å². The maximum atomic E-state index is 12.5. The number of fused-ring (bicyclic) bond motifs is 1. The molecule has 0 radical (unpaired) electrons. The number of carbonyl (C=O) groups is 1. The van der Waals surface area contributed by atoms with Gasteiger partial charge in [0.1, 0.15) is 0 Å². The number of nitrogen functional groups attached to an aromatic ring is 1. The van der Waals surface area contributed by atoms with Crippen LogP contribution in [0.3, 0.4) is 0 Å². The van der Waals surface area contributed by atoms with Crippen molar-refractivity contribution in [1.29, 1.82) is 0 Å². The van der Waals surface area contributed by atoms with Crippen molar-refractivity contribution in [3.63, 3.8) is 0 Å². The summed E-state index contributed by atoms with van der Waals surface area (Å²) in [5.74, 6) is -0.00539. The fourth-order valence-electron chi connectivity index (χ4n) is 2.88. The Balaban J connectivity index is 2.05. The van der Waals surface area contributed by atoms with Crippen molar-refractivity contribution in [2.75, 3.05) is 5.73 Å². The maximum absolute atomic E-state index is 12.5. The van der Waals surface area contributed by atoms with Gasteiger partial charge < -0.3 is 11.1 Å². The fraction of sp³-hybridized carbons (Fsp3) is 0.211. The number of ketones is 1.